The zero-order valence-corrected chi connectivity index (χ0v) is 11.0. The number of nitro groups is 1. The third-order valence-electron chi connectivity index (χ3n) is 2.52. The maximum atomic E-state index is 13.6. The Morgan fingerprint density at radius 1 is 1.29 bits per heavy atom. The molecular weight excluding hydrogens is 305 g/mol. The Balaban J connectivity index is 2.39. The van der Waals surface area contributed by atoms with Gasteiger partial charge in [0.15, 0.2) is 11.6 Å². The van der Waals surface area contributed by atoms with Crippen molar-refractivity contribution in [2.45, 2.75) is 0 Å². The molecule has 0 spiro atoms. The molecule has 2 aromatic rings. The molecule has 0 heterocycles. The van der Waals surface area contributed by atoms with E-state index in [0.717, 1.165) is 18.2 Å². The first kappa shape index (κ1) is 14.7. The van der Waals surface area contributed by atoms with Crippen LogP contribution in [0.1, 0.15) is 10.4 Å². The number of halogens is 2. The highest BCUT2D eigenvalue weighted by atomic mass is 35.5. The molecule has 0 atom stereocenters. The van der Waals surface area contributed by atoms with Gasteiger partial charge in [0, 0.05) is 17.2 Å². The smallest absolute Gasteiger partial charge is 0.342 e. The predicted octanol–water partition coefficient (Wildman–Crippen LogP) is 3.88. The maximum Gasteiger partial charge on any atom is 0.342 e. The summed E-state index contributed by atoms with van der Waals surface area (Å²) in [5, 5.41) is 19.8. The summed E-state index contributed by atoms with van der Waals surface area (Å²) in [5.74, 6) is -2.44. The molecule has 0 aliphatic rings. The van der Waals surface area contributed by atoms with Crippen molar-refractivity contribution in [2.75, 3.05) is 0 Å². The van der Waals surface area contributed by atoms with Gasteiger partial charge in [-0.25, -0.2) is 9.18 Å². The number of carboxylic acids is 1. The topological polar surface area (TPSA) is 89.7 Å². The number of rotatable bonds is 4. The zero-order chi connectivity index (χ0) is 15.6. The van der Waals surface area contributed by atoms with Crippen LogP contribution in [0, 0.1) is 15.9 Å². The van der Waals surface area contributed by atoms with Crippen LogP contribution >= 0.6 is 11.6 Å². The molecule has 1 N–H and O–H groups in total. The Bertz CT molecular complexity index is 734. The Hall–Kier alpha value is -2.67. The maximum absolute atomic E-state index is 13.6. The van der Waals surface area contributed by atoms with E-state index in [2.05, 4.69) is 0 Å². The minimum atomic E-state index is -1.48. The van der Waals surface area contributed by atoms with Gasteiger partial charge < -0.3 is 9.84 Å². The molecule has 108 valence electrons. The van der Waals surface area contributed by atoms with Gasteiger partial charge in [0.2, 0.25) is 0 Å². The number of aromatic carboxylic acids is 1. The van der Waals surface area contributed by atoms with Gasteiger partial charge in [-0.2, -0.15) is 0 Å². The second kappa shape index (κ2) is 5.76. The predicted molar refractivity (Wildman–Crippen MR) is 71.5 cm³/mol. The minimum Gasteiger partial charge on any atom is -0.477 e. The summed E-state index contributed by atoms with van der Waals surface area (Å²) in [5.41, 5.74) is -1.13. The fourth-order valence-corrected chi connectivity index (χ4v) is 1.75. The number of hydrogen-bond donors (Lipinski definition) is 1. The van der Waals surface area contributed by atoms with Crippen molar-refractivity contribution in [3.8, 4) is 11.5 Å². The highest BCUT2D eigenvalue weighted by Crippen LogP contribution is 2.30. The number of hydrogen-bond acceptors (Lipinski definition) is 4. The van der Waals surface area contributed by atoms with Gasteiger partial charge in [0.1, 0.15) is 11.3 Å². The third-order valence-corrected chi connectivity index (χ3v) is 2.75. The van der Waals surface area contributed by atoms with E-state index in [-0.39, 0.29) is 16.5 Å². The molecule has 6 nitrogen and oxygen atoms in total. The Labute approximate surface area is 122 Å². The van der Waals surface area contributed by atoms with Crippen molar-refractivity contribution in [1.29, 1.82) is 0 Å². The third kappa shape index (κ3) is 3.26. The highest BCUT2D eigenvalue weighted by Gasteiger charge is 2.20. The van der Waals surface area contributed by atoms with Crippen LogP contribution in [0.4, 0.5) is 10.1 Å². The summed E-state index contributed by atoms with van der Waals surface area (Å²) >= 11 is 5.59. The Morgan fingerprint density at radius 2 is 2.00 bits per heavy atom. The number of nitrogens with zero attached hydrogens (tertiary/aromatic N) is 1. The monoisotopic (exact) mass is 311 g/mol. The molecule has 0 unspecified atom stereocenters. The molecule has 0 bridgehead atoms. The zero-order valence-electron chi connectivity index (χ0n) is 10.2. The standard InChI is InChI=1S/C13H7ClFNO5/c14-7-1-4-12(10(15)5-7)21-8-2-3-11(16(19)20)9(6-8)13(17)18/h1-6H,(H,17,18). The minimum absolute atomic E-state index is 0.0424. The lowest BCUT2D eigenvalue weighted by Crippen LogP contribution is -2.03. The average Bonchev–Trinajstić information content (AvgIpc) is 2.41. The van der Waals surface area contributed by atoms with E-state index in [9.17, 15) is 19.3 Å². The van der Waals surface area contributed by atoms with E-state index >= 15 is 0 Å². The van der Waals surface area contributed by atoms with Crippen LogP contribution in [0.15, 0.2) is 36.4 Å². The van der Waals surface area contributed by atoms with Gasteiger partial charge >= 0.3 is 5.97 Å². The molecule has 2 rings (SSSR count). The van der Waals surface area contributed by atoms with Crippen LogP contribution in [0.5, 0.6) is 11.5 Å². The van der Waals surface area contributed by atoms with Gasteiger partial charge in [0.25, 0.3) is 5.69 Å². The van der Waals surface area contributed by atoms with Crippen molar-refractivity contribution in [2.24, 2.45) is 0 Å². The first-order valence-electron chi connectivity index (χ1n) is 5.53. The van der Waals surface area contributed by atoms with Crippen molar-refractivity contribution >= 4 is 23.3 Å². The Morgan fingerprint density at radius 3 is 2.57 bits per heavy atom. The number of benzene rings is 2. The molecular formula is C13H7ClFNO5. The number of carbonyl (C=O) groups is 1. The molecule has 0 saturated heterocycles. The van der Waals surface area contributed by atoms with Gasteiger partial charge in [-0.1, -0.05) is 11.6 Å². The molecule has 0 amide bonds. The fraction of sp³-hybridized carbons (Fsp3) is 0. The summed E-state index contributed by atoms with van der Waals surface area (Å²) in [4.78, 5) is 20.9. The average molecular weight is 312 g/mol. The van der Waals surface area contributed by atoms with E-state index in [0.29, 0.717) is 0 Å². The van der Waals surface area contributed by atoms with Crippen molar-refractivity contribution in [1.82, 2.24) is 0 Å². The lowest BCUT2D eigenvalue weighted by Gasteiger charge is -2.08. The van der Waals surface area contributed by atoms with Crippen molar-refractivity contribution in [3.05, 3.63) is 62.9 Å². The molecule has 21 heavy (non-hydrogen) atoms. The summed E-state index contributed by atoms with van der Waals surface area (Å²) in [6, 6.07) is 6.79. The Kier molecular flexibility index (Phi) is 4.04. The lowest BCUT2D eigenvalue weighted by atomic mass is 10.1. The van der Waals surface area contributed by atoms with Crippen molar-refractivity contribution < 1.29 is 24.0 Å². The molecule has 0 aliphatic heterocycles. The van der Waals surface area contributed by atoms with Crippen LogP contribution in [0.2, 0.25) is 5.02 Å². The summed E-state index contributed by atoms with van der Waals surface area (Å²) < 4.78 is 18.7. The second-order valence-corrected chi connectivity index (χ2v) is 4.35. The van der Waals surface area contributed by atoms with E-state index in [4.69, 9.17) is 21.4 Å². The molecule has 8 heteroatoms. The van der Waals surface area contributed by atoms with Crippen LogP contribution in [0.3, 0.4) is 0 Å². The molecule has 0 radical (unpaired) electrons. The second-order valence-electron chi connectivity index (χ2n) is 3.92. The molecule has 0 aliphatic carbocycles. The highest BCUT2D eigenvalue weighted by molar-refractivity contribution is 6.30. The molecule has 0 saturated carbocycles. The molecule has 0 aromatic heterocycles. The largest absolute Gasteiger partial charge is 0.477 e. The van der Waals surface area contributed by atoms with Crippen LogP contribution < -0.4 is 4.74 Å². The first-order valence-corrected chi connectivity index (χ1v) is 5.91. The summed E-state index contributed by atoms with van der Waals surface area (Å²) in [6.45, 7) is 0. The van der Waals surface area contributed by atoms with Crippen molar-refractivity contribution in [3.63, 3.8) is 0 Å². The number of ether oxygens (including phenoxy) is 1. The number of carboxylic acid groups (broad SMARTS) is 1. The number of nitro benzene ring substituents is 1. The van der Waals surface area contributed by atoms with Crippen LogP contribution in [0.25, 0.3) is 0 Å². The van der Waals surface area contributed by atoms with Gasteiger partial charge in [0.05, 0.1) is 4.92 Å². The normalized spacial score (nSPS) is 10.2. The van der Waals surface area contributed by atoms with Crippen LogP contribution in [-0.2, 0) is 0 Å². The quantitative estimate of drug-likeness (QED) is 0.683. The summed E-state index contributed by atoms with van der Waals surface area (Å²) in [6.07, 6.45) is 0. The van der Waals surface area contributed by atoms with E-state index in [1.54, 1.807) is 0 Å². The van der Waals surface area contributed by atoms with E-state index < -0.39 is 28.0 Å². The lowest BCUT2D eigenvalue weighted by molar-refractivity contribution is -0.385. The molecule has 0 fully saturated rings. The van der Waals surface area contributed by atoms with Gasteiger partial charge in [-0.15, -0.1) is 0 Å². The van der Waals surface area contributed by atoms with Gasteiger partial charge in [-0.05, 0) is 24.3 Å². The summed E-state index contributed by atoms with van der Waals surface area (Å²) in [7, 11) is 0. The first-order chi connectivity index (χ1) is 9.88. The van der Waals surface area contributed by atoms with Gasteiger partial charge in [-0.3, -0.25) is 10.1 Å². The SMILES string of the molecule is O=C(O)c1cc(Oc2ccc(Cl)cc2F)ccc1[N+](=O)[O-]. The van der Waals surface area contributed by atoms with E-state index in [1.807, 2.05) is 0 Å². The fourth-order valence-electron chi connectivity index (χ4n) is 1.59. The van der Waals surface area contributed by atoms with Crippen LogP contribution in [-0.4, -0.2) is 16.0 Å². The molecule has 2 aromatic carbocycles. The van der Waals surface area contributed by atoms with E-state index in [1.165, 1.54) is 18.2 Å².